The van der Waals surface area contributed by atoms with Crippen LogP contribution in [0.3, 0.4) is 0 Å². The van der Waals surface area contributed by atoms with Crippen LogP contribution in [0.25, 0.3) is 0 Å². The van der Waals surface area contributed by atoms with Gasteiger partial charge in [-0.15, -0.1) is 0 Å². The maximum absolute atomic E-state index is 13.4. The second-order valence-corrected chi connectivity index (χ2v) is 15.6. The zero-order valence-electron chi connectivity index (χ0n) is 30.1. The average molecular weight is 748 g/mol. The molecule has 2 N–H and O–H groups in total. The zero-order valence-corrected chi connectivity index (χ0v) is 30.9. The number of hydrogen-bond donors (Lipinski definition) is 2. The Labute approximate surface area is 319 Å². The molecular formula is C41H42ClN7O5. The minimum Gasteiger partial charge on any atom is -0.372 e. The van der Waals surface area contributed by atoms with Gasteiger partial charge in [-0.25, -0.2) is 0 Å². The number of nitrogens with zero attached hydrogens (tertiary/aromatic N) is 5. The number of halogens is 1. The lowest BCUT2D eigenvalue weighted by Crippen LogP contribution is -2.54. The molecule has 4 aliphatic heterocycles. The molecule has 12 nitrogen and oxygen atoms in total. The number of hydrogen-bond acceptors (Lipinski definition) is 9. The second-order valence-electron chi connectivity index (χ2n) is 15.1. The molecule has 2 saturated heterocycles. The molecule has 3 fully saturated rings. The normalized spacial score (nSPS) is 23.2. The first-order chi connectivity index (χ1) is 26.1. The van der Waals surface area contributed by atoms with E-state index >= 15 is 0 Å². The topological polar surface area (TPSA) is 146 Å². The summed E-state index contributed by atoms with van der Waals surface area (Å²) in [6, 6.07) is 18.9. The Morgan fingerprint density at radius 2 is 1.61 bits per heavy atom. The van der Waals surface area contributed by atoms with E-state index in [1.54, 1.807) is 18.2 Å². The van der Waals surface area contributed by atoms with Crippen LogP contribution in [0.1, 0.15) is 99.1 Å². The number of amides is 5. The highest BCUT2D eigenvalue weighted by molar-refractivity contribution is 6.32. The number of anilines is 2. The molecule has 5 amide bonds. The molecule has 13 heteroatoms. The molecule has 0 aromatic heterocycles. The Bertz CT molecular complexity index is 2100. The highest BCUT2D eigenvalue weighted by Gasteiger charge is 2.45. The Morgan fingerprint density at radius 3 is 2.33 bits per heavy atom. The van der Waals surface area contributed by atoms with Crippen LogP contribution in [0.15, 0.2) is 54.6 Å². The van der Waals surface area contributed by atoms with Crippen LogP contribution < -0.4 is 20.4 Å². The summed E-state index contributed by atoms with van der Waals surface area (Å²) < 4.78 is 0. The molecule has 8 rings (SSSR count). The zero-order chi connectivity index (χ0) is 37.7. The lowest BCUT2D eigenvalue weighted by Gasteiger charge is -2.38. The smallest absolute Gasteiger partial charge is 0.262 e. The van der Waals surface area contributed by atoms with Gasteiger partial charge < -0.3 is 15.1 Å². The summed E-state index contributed by atoms with van der Waals surface area (Å²) in [4.78, 5) is 71.9. The minimum absolute atomic E-state index is 0.0324. The van der Waals surface area contributed by atoms with Gasteiger partial charge in [0.25, 0.3) is 17.7 Å². The van der Waals surface area contributed by atoms with Gasteiger partial charge in [-0.2, -0.15) is 5.26 Å². The maximum Gasteiger partial charge on any atom is 0.262 e. The van der Waals surface area contributed by atoms with Gasteiger partial charge in [-0.3, -0.25) is 39.1 Å². The van der Waals surface area contributed by atoms with Crippen LogP contribution in [0.5, 0.6) is 0 Å². The van der Waals surface area contributed by atoms with E-state index in [1.165, 1.54) is 11.1 Å². The standard InChI is InChI=1S/C41H42ClN7O5/c1-46(31-7-4-25(21-43)35(42)20-31)29-8-5-28(6-9-29)44-38(51)24-2-3-26-22-48(23-27(26)18-24)30-14-16-47(17-15-30)32-10-11-33-34(19-32)41(54)49(40(33)53)36-12-13-37(50)45-39(36)52/h2-4,7,10-11,18-20,28-30,36H,5-6,8-9,12-17,22-23H2,1H3,(H,44,51)(H,45,50,52)/t28-,29-,36?. The lowest BCUT2D eigenvalue weighted by molar-refractivity contribution is -0.136. The number of fused-ring (bicyclic) bond motifs is 2. The van der Waals surface area contributed by atoms with Gasteiger partial charge in [0.1, 0.15) is 12.1 Å². The van der Waals surface area contributed by atoms with E-state index in [0.29, 0.717) is 33.8 Å². The van der Waals surface area contributed by atoms with Gasteiger partial charge in [-0.1, -0.05) is 17.7 Å². The van der Waals surface area contributed by atoms with Crippen LogP contribution in [-0.4, -0.2) is 83.6 Å². The third-order valence-electron chi connectivity index (χ3n) is 12.0. The molecule has 54 heavy (non-hydrogen) atoms. The van der Waals surface area contributed by atoms with Crippen LogP contribution >= 0.6 is 11.6 Å². The van der Waals surface area contributed by atoms with E-state index in [2.05, 4.69) is 50.6 Å². The van der Waals surface area contributed by atoms with Crippen LogP contribution in [-0.2, 0) is 22.7 Å². The van der Waals surface area contributed by atoms with E-state index in [4.69, 9.17) is 11.6 Å². The van der Waals surface area contributed by atoms with Gasteiger partial charge in [0.2, 0.25) is 11.8 Å². The van der Waals surface area contributed by atoms with Gasteiger partial charge in [-0.05, 0) is 105 Å². The number of piperidine rings is 2. The molecule has 0 radical (unpaired) electrons. The number of rotatable bonds is 7. The molecule has 0 spiro atoms. The van der Waals surface area contributed by atoms with Gasteiger partial charge in [0, 0.05) is 74.7 Å². The molecule has 0 bridgehead atoms. The van der Waals surface area contributed by atoms with Crippen molar-refractivity contribution in [3.05, 3.63) is 93.0 Å². The van der Waals surface area contributed by atoms with Crippen molar-refractivity contribution in [3.8, 4) is 6.07 Å². The SMILES string of the molecule is CN(c1ccc(C#N)c(Cl)c1)[C@H]1CC[C@H](NC(=O)c2ccc3c(c2)CN(C2CCN(c4ccc5c(c4)C(=O)N(C4CCC(=O)NC4=O)C5=O)CC2)C3)CC1. The largest absolute Gasteiger partial charge is 0.372 e. The van der Waals surface area contributed by atoms with Crippen molar-refractivity contribution < 1.29 is 24.0 Å². The Morgan fingerprint density at radius 1 is 0.870 bits per heavy atom. The van der Waals surface area contributed by atoms with Crippen molar-refractivity contribution in [1.29, 1.82) is 5.26 Å². The van der Waals surface area contributed by atoms with Crippen molar-refractivity contribution in [2.24, 2.45) is 0 Å². The molecular weight excluding hydrogens is 706 g/mol. The first-order valence-electron chi connectivity index (χ1n) is 18.8. The summed E-state index contributed by atoms with van der Waals surface area (Å²) in [5.74, 6) is -2.03. The third-order valence-corrected chi connectivity index (χ3v) is 12.4. The Hall–Kier alpha value is -5.25. The van der Waals surface area contributed by atoms with Crippen molar-refractivity contribution in [1.82, 2.24) is 20.4 Å². The molecule has 3 aromatic carbocycles. The Kier molecular flexibility index (Phi) is 9.62. The third kappa shape index (κ3) is 6.71. The first-order valence-corrected chi connectivity index (χ1v) is 19.2. The summed E-state index contributed by atoms with van der Waals surface area (Å²) in [5, 5.41) is 15.2. The predicted octanol–water partition coefficient (Wildman–Crippen LogP) is 4.77. The molecule has 1 unspecified atom stereocenters. The number of benzene rings is 3. The second kappa shape index (κ2) is 14.5. The number of nitrogens with one attached hydrogen (secondary N) is 2. The number of imide groups is 2. The number of carbonyl (C=O) groups excluding carboxylic acids is 5. The molecule has 1 aliphatic carbocycles. The monoisotopic (exact) mass is 747 g/mol. The highest BCUT2D eigenvalue weighted by atomic mass is 35.5. The van der Waals surface area contributed by atoms with Crippen molar-refractivity contribution >= 4 is 52.5 Å². The summed E-state index contributed by atoms with van der Waals surface area (Å²) in [5.41, 5.74) is 6.05. The van der Waals surface area contributed by atoms with Gasteiger partial charge >= 0.3 is 0 Å². The van der Waals surface area contributed by atoms with Gasteiger partial charge in [0.05, 0.1) is 21.7 Å². The van der Waals surface area contributed by atoms with E-state index in [0.717, 1.165) is 81.0 Å². The molecule has 1 atom stereocenters. The fourth-order valence-corrected chi connectivity index (χ4v) is 9.08. The number of nitriles is 1. The van der Waals surface area contributed by atoms with Gasteiger partial charge in [0.15, 0.2) is 0 Å². The molecule has 1 saturated carbocycles. The Balaban J connectivity index is 0.825. The van der Waals surface area contributed by atoms with E-state index in [1.807, 2.05) is 24.3 Å². The quantitative estimate of drug-likeness (QED) is 0.327. The highest BCUT2D eigenvalue weighted by Crippen LogP contribution is 2.35. The summed E-state index contributed by atoms with van der Waals surface area (Å²) in [7, 11) is 2.06. The molecule has 5 aliphatic rings. The fraction of sp³-hybridized carbons (Fsp3) is 0.415. The van der Waals surface area contributed by atoms with Crippen molar-refractivity contribution in [2.75, 3.05) is 29.9 Å². The number of carbonyl (C=O) groups is 5. The van der Waals surface area contributed by atoms with Crippen molar-refractivity contribution in [3.63, 3.8) is 0 Å². The molecule has 278 valence electrons. The van der Waals surface area contributed by atoms with E-state index in [-0.39, 0.29) is 30.4 Å². The lowest BCUT2D eigenvalue weighted by atomic mass is 9.89. The van der Waals surface area contributed by atoms with E-state index in [9.17, 15) is 29.2 Å². The minimum atomic E-state index is -0.981. The molecule has 3 aromatic rings. The predicted molar refractivity (Wildman–Crippen MR) is 202 cm³/mol. The summed E-state index contributed by atoms with van der Waals surface area (Å²) in [6.45, 7) is 3.23. The van der Waals surface area contributed by atoms with Crippen LogP contribution in [0.2, 0.25) is 5.02 Å². The summed E-state index contributed by atoms with van der Waals surface area (Å²) >= 11 is 6.28. The molecule has 4 heterocycles. The summed E-state index contributed by atoms with van der Waals surface area (Å²) in [6.07, 6.45) is 5.77. The maximum atomic E-state index is 13.4. The fourth-order valence-electron chi connectivity index (χ4n) is 8.87. The average Bonchev–Trinajstić information content (AvgIpc) is 3.72. The first kappa shape index (κ1) is 35.8. The van der Waals surface area contributed by atoms with E-state index < -0.39 is 29.7 Å². The van der Waals surface area contributed by atoms with Crippen LogP contribution in [0, 0.1) is 11.3 Å². The van der Waals surface area contributed by atoms with Crippen LogP contribution in [0.4, 0.5) is 11.4 Å². The van der Waals surface area contributed by atoms with Crippen molar-refractivity contribution in [2.45, 2.75) is 88.6 Å².